The molecule has 0 atom stereocenters. The van der Waals surface area contributed by atoms with E-state index in [0.29, 0.717) is 0 Å². The number of hydrogen-bond acceptors (Lipinski definition) is 3. The van der Waals surface area contributed by atoms with E-state index in [1.54, 1.807) is 0 Å². The van der Waals surface area contributed by atoms with Crippen LogP contribution < -0.4 is 0 Å². The lowest BCUT2D eigenvalue weighted by atomic mass is 9.90. The molecule has 0 fully saturated rings. The summed E-state index contributed by atoms with van der Waals surface area (Å²) in [5.74, 6) is 0.834. The third-order valence-corrected chi connectivity index (χ3v) is 8.88. The zero-order valence-electron chi connectivity index (χ0n) is 25.5. The highest BCUT2D eigenvalue weighted by Gasteiger charge is 2.19. The van der Waals surface area contributed by atoms with Gasteiger partial charge in [0.1, 0.15) is 11.3 Å². The van der Waals surface area contributed by atoms with Gasteiger partial charge in [0.15, 0.2) is 5.65 Å². The highest BCUT2D eigenvalue weighted by molar-refractivity contribution is 6.14. The summed E-state index contributed by atoms with van der Waals surface area (Å²) in [6, 6.07) is 53.4. The second-order valence-electron chi connectivity index (χ2n) is 11.8. The SMILES string of the molecule is c1ccc(-c2cnc3c(c2)nc(-c2cc(-c4cccnc4)cc(-c4cc5ccccc5c5ccccc45)c2)n3-c2ccccc2)cc1. The Balaban J connectivity index is 1.34. The van der Waals surface area contributed by atoms with Crippen LogP contribution in [-0.2, 0) is 0 Å². The Morgan fingerprint density at radius 2 is 1.13 bits per heavy atom. The van der Waals surface area contributed by atoms with Gasteiger partial charge in [-0.2, -0.15) is 0 Å². The molecular weight excluding hydrogens is 573 g/mol. The zero-order chi connectivity index (χ0) is 31.2. The summed E-state index contributed by atoms with van der Waals surface area (Å²) in [6.07, 6.45) is 5.69. The summed E-state index contributed by atoms with van der Waals surface area (Å²) in [5.41, 5.74) is 10.2. The van der Waals surface area contributed by atoms with Crippen LogP contribution in [0.15, 0.2) is 170 Å². The number of aromatic nitrogens is 4. The van der Waals surface area contributed by atoms with Crippen molar-refractivity contribution in [3.63, 3.8) is 0 Å². The Hall–Kier alpha value is -6.39. The number of fused-ring (bicyclic) bond motifs is 4. The van der Waals surface area contributed by atoms with Gasteiger partial charge in [0.2, 0.25) is 0 Å². The molecule has 4 heteroatoms. The van der Waals surface area contributed by atoms with Crippen molar-refractivity contribution in [2.24, 2.45) is 0 Å². The molecule has 0 spiro atoms. The summed E-state index contributed by atoms with van der Waals surface area (Å²) < 4.78 is 2.18. The van der Waals surface area contributed by atoms with Gasteiger partial charge < -0.3 is 0 Å². The van der Waals surface area contributed by atoms with Crippen LogP contribution in [0.5, 0.6) is 0 Å². The lowest BCUT2D eigenvalue weighted by Crippen LogP contribution is -1.99. The van der Waals surface area contributed by atoms with Crippen molar-refractivity contribution in [3.05, 3.63) is 170 Å². The molecule has 3 aromatic heterocycles. The van der Waals surface area contributed by atoms with Gasteiger partial charge in [0.25, 0.3) is 0 Å². The lowest BCUT2D eigenvalue weighted by Gasteiger charge is -2.15. The Morgan fingerprint density at radius 1 is 0.447 bits per heavy atom. The van der Waals surface area contributed by atoms with Gasteiger partial charge in [0.05, 0.1) is 0 Å². The molecule has 3 heterocycles. The molecule has 0 bridgehead atoms. The molecule has 9 aromatic rings. The molecule has 0 aliphatic heterocycles. The molecule has 4 nitrogen and oxygen atoms in total. The molecule has 0 aliphatic carbocycles. The summed E-state index contributed by atoms with van der Waals surface area (Å²) in [4.78, 5) is 14.8. The number of imidazole rings is 1. The third kappa shape index (κ3) is 4.75. The number of nitrogens with zero attached hydrogens (tertiary/aromatic N) is 4. The normalized spacial score (nSPS) is 11.4. The Labute approximate surface area is 272 Å². The van der Waals surface area contributed by atoms with Crippen LogP contribution in [0.25, 0.3) is 83.2 Å². The fourth-order valence-electron chi connectivity index (χ4n) is 6.67. The summed E-state index contributed by atoms with van der Waals surface area (Å²) in [6.45, 7) is 0. The van der Waals surface area contributed by atoms with Crippen LogP contribution in [-0.4, -0.2) is 19.5 Å². The Bertz CT molecular complexity index is 2550. The average Bonchev–Trinajstić information content (AvgIpc) is 3.54. The second kappa shape index (κ2) is 11.2. The van der Waals surface area contributed by atoms with E-state index in [1.807, 2.05) is 36.8 Å². The van der Waals surface area contributed by atoms with Gasteiger partial charge in [-0.05, 0) is 92.3 Å². The minimum atomic E-state index is 0.815. The molecule has 0 saturated heterocycles. The number of rotatable bonds is 5. The van der Waals surface area contributed by atoms with E-state index in [2.05, 4.69) is 143 Å². The summed E-state index contributed by atoms with van der Waals surface area (Å²) >= 11 is 0. The number of hydrogen-bond donors (Lipinski definition) is 0. The van der Waals surface area contributed by atoms with Crippen LogP contribution >= 0.6 is 0 Å². The van der Waals surface area contributed by atoms with Gasteiger partial charge in [-0.1, -0.05) is 103 Å². The van der Waals surface area contributed by atoms with E-state index in [0.717, 1.165) is 56.1 Å². The van der Waals surface area contributed by atoms with E-state index in [4.69, 9.17) is 9.97 Å². The first-order valence-electron chi connectivity index (χ1n) is 15.8. The first kappa shape index (κ1) is 27.0. The van der Waals surface area contributed by atoms with Gasteiger partial charge in [-0.15, -0.1) is 0 Å². The van der Waals surface area contributed by atoms with Crippen LogP contribution in [0.1, 0.15) is 0 Å². The largest absolute Gasteiger partial charge is 0.277 e. The maximum absolute atomic E-state index is 5.31. The maximum Gasteiger partial charge on any atom is 0.164 e. The van der Waals surface area contributed by atoms with Crippen LogP contribution in [0.2, 0.25) is 0 Å². The lowest BCUT2D eigenvalue weighted by molar-refractivity contribution is 1.08. The fourth-order valence-corrected chi connectivity index (χ4v) is 6.67. The first-order chi connectivity index (χ1) is 23.3. The Morgan fingerprint density at radius 3 is 1.94 bits per heavy atom. The van der Waals surface area contributed by atoms with Crippen molar-refractivity contribution in [1.82, 2.24) is 19.5 Å². The molecule has 0 radical (unpaired) electrons. The molecule has 0 saturated carbocycles. The molecule has 0 unspecified atom stereocenters. The molecule has 0 aliphatic rings. The van der Waals surface area contributed by atoms with Gasteiger partial charge in [0, 0.05) is 41.0 Å². The van der Waals surface area contributed by atoms with Crippen molar-refractivity contribution in [1.29, 1.82) is 0 Å². The van der Waals surface area contributed by atoms with E-state index in [-0.39, 0.29) is 0 Å². The predicted octanol–water partition coefficient (Wildman–Crippen LogP) is 10.8. The van der Waals surface area contributed by atoms with Crippen LogP contribution in [0.4, 0.5) is 0 Å². The average molecular weight is 601 g/mol. The predicted molar refractivity (Wildman–Crippen MR) is 193 cm³/mol. The molecular formula is C43H28N4. The van der Waals surface area contributed by atoms with Crippen molar-refractivity contribution < 1.29 is 0 Å². The zero-order valence-corrected chi connectivity index (χ0v) is 25.5. The first-order valence-corrected chi connectivity index (χ1v) is 15.8. The molecule has 47 heavy (non-hydrogen) atoms. The molecule has 220 valence electrons. The number of para-hydroxylation sites is 1. The second-order valence-corrected chi connectivity index (χ2v) is 11.8. The van der Waals surface area contributed by atoms with Crippen LogP contribution in [0, 0.1) is 0 Å². The summed E-state index contributed by atoms with van der Waals surface area (Å²) in [5, 5.41) is 4.92. The monoisotopic (exact) mass is 600 g/mol. The number of benzene rings is 6. The van der Waals surface area contributed by atoms with Crippen LogP contribution in [0.3, 0.4) is 0 Å². The maximum atomic E-state index is 5.31. The third-order valence-electron chi connectivity index (χ3n) is 8.88. The molecule has 9 rings (SSSR count). The van der Waals surface area contributed by atoms with Gasteiger partial charge >= 0.3 is 0 Å². The minimum Gasteiger partial charge on any atom is -0.277 e. The number of pyridine rings is 2. The van der Waals surface area contributed by atoms with Gasteiger partial charge in [-0.3, -0.25) is 9.55 Å². The topological polar surface area (TPSA) is 43.6 Å². The standard InChI is InChI=1S/C43H28N4/c1-3-12-29(13-4-1)35-26-41-43(45-28-35)47(36-16-5-2-6-17-36)42(46-41)34-23-32(31-15-11-21-44-27-31)22-33(24-34)40-25-30-14-7-8-18-37(30)38-19-9-10-20-39(38)40/h1-28H. The van der Waals surface area contributed by atoms with Gasteiger partial charge in [-0.25, -0.2) is 9.97 Å². The fraction of sp³-hybridized carbons (Fsp3) is 0. The van der Waals surface area contributed by atoms with E-state index in [9.17, 15) is 0 Å². The van der Waals surface area contributed by atoms with E-state index >= 15 is 0 Å². The molecule has 0 N–H and O–H groups in total. The van der Waals surface area contributed by atoms with E-state index in [1.165, 1.54) is 27.1 Å². The molecule has 6 aromatic carbocycles. The molecule has 0 amide bonds. The Kier molecular flexibility index (Phi) is 6.43. The quantitative estimate of drug-likeness (QED) is 0.185. The van der Waals surface area contributed by atoms with Crippen molar-refractivity contribution >= 4 is 32.7 Å². The van der Waals surface area contributed by atoms with Crippen molar-refractivity contribution in [2.45, 2.75) is 0 Å². The summed E-state index contributed by atoms with van der Waals surface area (Å²) in [7, 11) is 0. The van der Waals surface area contributed by atoms with E-state index < -0.39 is 0 Å². The smallest absolute Gasteiger partial charge is 0.164 e. The van der Waals surface area contributed by atoms with Crippen molar-refractivity contribution in [3.8, 4) is 50.5 Å². The minimum absolute atomic E-state index is 0.815. The highest BCUT2D eigenvalue weighted by atomic mass is 15.1. The van der Waals surface area contributed by atoms with Crippen molar-refractivity contribution in [2.75, 3.05) is 0 Å². The highest BCUT2D eigenvalue weighted by Crippen LogP contribution is 2.40.